The van der Waals surface area contributed by atoms with Gasteiger partial charge in [-0.05, 0) is 18.2 Å². The molecule has 3 aromatic rings. The number of hydrogen-bond donors (Lipinski definition) is 3. The number of hydrazine groups is 1. The zero-order valence-corrected chi connectivity index (χ0v) is 12.5. The Bertz CT molecular complexity index is 882. The summed E-state index contributed by atoms with van der Waals surface area (Å²) in [4.78, 5) is 2.62. The molecule has 0 aliphatic carbocycles. The lowest BCUT2D eigenvalue weighted by Gasteiger charge is -2.23. The standard InChI is InChI=1S/C17H15F3N4/c18-17(19,20)14-9-13(8-12-6-7-23-16(12)14)24(22)15(10-21)11-4-2-1-3-5-11/h1-10,23H,21-22H2/b15-10-. The van der Waals surface area contributed by atoms with Gasteiger partial charge in [-0.15, -0.1) is 0 Å². The Morgan fingerprint density at radius 1 is 1.08 bits per heavy atom. The van der Waals surface area contributed by atoms with E-state index in [-0.39, 0.29) is 11.2 Å². The van der Waals surface area contributed by atoms with Crippen LogP contribution in [-0.4, -0.2) is 4.98 Å². The van der Waals surface area contributed by atoms with Crippen LogP contribution in [0.1, 0.15) is 11.1 Å². The molecule has 4 nitrogen and oxygen atoms in total. The molecule has 1 aromatic heterocycles. The van der Waals surface area contributed by atoms with Crippen molar-refractivity contribution in [3.05, 3.63) is 72.1 Å². The number of aromatic amines is 1. The molecule has 0 spiro atoms. The summed E-state index contributed by atoms with van der Waals surface area (Å²) in [6, 6.07) is 13.1. The smallest absolute Gasteiger partial charge is 0.403 e. The summed E-state index contributed by atoms with van der Waals surface area (Å²) in [5.41, 5.74) is 6.19. The van der Waals surface area contributed by atoms with E-state index in [1.165, 1.54) is 12.4 Å². The van der Waals surface area contributed by atoms with E-state index in [0.29, 0.717) is 16.6 Å². The number of nitrogens with zero attached hydrogens (tertiary/aromatic N) is 1. The molecule has 0 aliphatic heterocycles. The summed E-state index contributed by atoms with van der Waals surface area (Å²) in [5.74, 6) is 6.06. The molecule has 124 valence electrons. The van der Waals surface area contributed by atoms with Crippen LogP contribution < -0.4 is 16.6 Å². The second kappa shape index (κ2) is 5.93. The Balaban J connectivity index is 2.12. The third kappa shape index (κ3) is 2.81. The van der Waals surface area contributed by atoms with Gasteiger partial charge in [0.2, 0.25) is 0 Å². The zero-order chi connectivity index (χ0) is 17.3. The highest BCUT2D eigenvalue weighted by Crippen LogP contribution is 2.37. The molecule has 0 atom stereocenters. The molecule has 3 rings (SSSR count). The van der Waals surface area contributed by atoms with E-state index in [9.17, 15) is 13.2 Å². The van der Waals surface area contributed by atoms with Crippen molar-refractivity contribution in [2.45, 2.75) is 6.18 Å². The molecule has 0 saturated carbocycles. The number of halogens is 3. The molecule has 1 heterocycles. The van der Waals surface area contributed by atoms with Crippen LogP contribution >= 0.6 is 0 Å². The largest absolute Gasteiger partial charge is 0.418 e. The van der Waals surface area contributed by atoms with Gasteiger partial charge in [-0.2, -0.15) is 13.2 Å². The van der Waals surface area contributed by atoms with E-state index >= 15 is 0 Å². The second-order valence-corrected chi connectivity index (χ2v) is 5.22. The maximum Gasteiger partial charge on any atom is 0.418 e. The van der Waals surface area contributed by atoms with Crippen LogP contribution in [0.5, 0.6) is 0 Å². The summed E-state index contributed by atoms with van der Waals surface area (Å²) >= 11 is 0. The van der Waals surface area contributed by atoms with Gasteiger partial charge < -0.3 is 10.7 Å². The van der Waals surface area contributed by atoms with E-state index in [2.05, 4.69) is 4.98 Å². The molecule has 0 bridgehead atoms. The van der Waals surface area contributed by atoms with Crippen molar-refractivity contribution in [3.8, 4) is 0 Å². The first-order chi connectivity index (χ1) is 11.4. The summed E-state index contributed by atoms with van der Waals surface area (Å²) in [6.45, 7) is 0. The minimum Gasteiger partial charge on any atom is -0.403 e. The van der Waals surface area contributed by atoms with Crippen molar-refractivity contribution in [2.24, 2.45) is 11.6 Å². The summed E-state index contributed by atoms with van der Waals surface area (Å²) in [6.07, 6.45) is -1.77. The predicted octanol–water partition coefficient (Wildman–Crippen LogP) is 3.82. The molecule has 0 unspecified atom stereocenters. The number of hydrogen-bond acceptors (Lipinski definition) is 3. The van der Waals surface area contributed by atoms with E-state index < -0.39 is 11.7 Å². The molecule has 0 amide bonds. The highest BCUT2D eigenvalue weighted by atomic mass is 19.4. The number of rotatable bonds is 3. The normalized spacial score (nSPS) is 12.6. The van der Waals surface area contributed by atoms with Gasteiger partial charge in [0.1, 0.15) is 0 Å². The van der Waals surface area contributed by atoms with Gasteiger partial charge in [-0.1, -0.05) is 30.3 Å². The molecule has 0 fully saturated rings. The number of nitrogens with two attached hydrogens (primary N) is 2. The number of aromatic nitrogens is 1. The summed E-state index contributed by atoms with van der Waals surface area (Å²) in [5, 5.41) is 1.57. The van der Waals surface area contributed by atoms with Gasteiger partial charge >= 0.3 is 6.18 Å². The predicted molar refractivity (Wildman–Crippen MR) is 88.6 cm³/mol. The second-order valence-electron chi connectivity index (χ2n) is 5.22. The van der Waals surface area contributed by atoms with Gasteiger partial charge in [0.05, 0.1) is 22.5 Å². The molecule has 0 saturated heterocycles. The highest BCUT2D eigenvalue weighted by molar-refractivity contribution is 5.89. The van der Waals surface area contributed by atoms with Crippen molar-refractivity contribution >= 4 is 22.3 Å². The van der Waals surface area contributed by atoms with E-state index in [1.54, 1.807) is 36.4 Å². The van der Waals surface area contributed by atoms with E-state index in [4.69, 9.17) is 11.6 Å². The topological polar surface area (TPSA) is 71.1 Å². The van der Waals surface area contributed by atoms with E-state index in [0.717, 1.165) is 11.1 Å². The summed E-state index contributed by atoms with van der Waals surface area (Å²) in [7, 11) is 0. The maximum atomic E-state index is 13.3. The Hall–Kier alpha value is -2.93. The number of anilines is 1. The molecule has 0 radical (unpaired) electrons. The number of H-pyrrole nitrogens is 1. The Labute approximate surface area is 136 Å². The fourth-order valence-corrected chi connectivity index (χ4v) is 2.58. The Morgan fingerprint density at radius 2 is 1.79 bits per heavy atom. The van der Waals surface area contributed by atoms with Crippen LogP contribution in [0.2, 0.25) is 0 Å². The molecule has 5 N–H and O–H groups in total. The quantitative estimate of drug-likeness (QED) is 0.504. The minimum atomic E-state index is -4.50. The molecule has 7 heteroatoms. The fourth-order valence-electron chi connectivity index (χ4n) is 2.58. The third-order valence-electron chi connectivity index (χ3n) is 3.71. The van der Waals surface area contributed by atoms with Crippen LogP contribution in [0.4, 0.5) is 18.9 Å². The van der Waals surface area contributed by atoms with Crippen LogP contribution in [0.15, 0.2) is 60.9 Å². The lowest BCUT2D eigenvalue weighted by molar-refractivity contribution is -0.136. The van der Waals surface area contributed by atoms with Crippen LogP contribution in [-0.2, 0) is 6.18 Å². The lowest BCUT2D eigenvalue weighted by Crippen LogP contribution is -2.30. The monoisotopic (exact) mass is 332 g/mol. The van der Waals surface area contributed by atoms with Crippen LogP contribution in [0.25, 0.3) is 16.6 Å². The number of alkyl halides is 3. The highest BCUT2D eigenvalue weighted by Gasteiger charge is 2.34. The first-order valence-electron chi connectivity index (χ1n) is 7.12. The van der Waals surface area contributed by atoms with Crippen LogP contribution in [0.3, 0.4) is 0 Å². The fraction of sp³-hybridized carbons (Fsp3) is 0.0588. The zero-order valence-electron chi connectivity index (χ0n) is 12.5. The average Bonchev–Trinajstić information content (AvgIpc) is 3.03. The summed E-state index contributed by atoms with van der Waals surface area (Å²) < 4.78 is 40.0. The maximum absolute atomic E-state index is 13.3. The number of nitrogens with one attached hydrogen (secondary N) is 1. The number of fused-ring (bicyclic) bond motifs is 1. The van der Waals surface area contributed by atoms with Gasteiger partial charge in [0, 0.05) is 23.3 Å². The van der Waals surface area contributed by atoms with E-state index in [1.807, 2.05) is 6.07 Å². The Morgan fingerprint density at radius 3 is 2.42 bits per heavy atom. The molecule has 0 aliphatic rings. The molecular weight excluding hydrogens is 317 g/mol. The molecular formula is C17H15F3N4. The Kier molecular flexibility index (Phi) is 3.94. The lowest BCUT2D eigenvalue weighted by atomic mass is 10.1. The molecule has 24 heavy (non-hydrogen) atoms. The van der Waals surface area contributed by atoms with Gasteiger partial charge in [0.25, 0.3) is 0 Å². The third-order valence-corrected chi connectivity index (χ3v) is 3.71. The SMILES string of the molecule is N/C=C(/c1ccccc1)N(N)c1cc(C(F)(F)F)c2[nH]ccc2c1. The van der Waals surface area contributed by atoms with Crippen molar-refractivity contribution < 1.29 is 13.2 Å². The van der Waals surface area contributed by atoms with Crippen LogP contribution in [0, 0.1) is 0 Å². The number of benzene rings is 2. The average molecular weight is 332 g/mol. The minimum absolute atomic E-state index is 0.0256. The van der Waals surface area contributed by atoms with Crippen molar-refractivity contribution in [2.75, 3.05) is 5.01 Å². The van der Waals surface area contributed by atoms with Crippen molar-refractivity contribution in [3.63, 3.8) is 0 Å². The molecule has 2 aromatic carbocycles. The first-order valence-corrected chi connectivity index (χ1v) is 7.12. The van der Waals surface area contributed by atoms with Gasteiger partial charge in [-0.3, -0.25) is 5.01 Å². The van der Waals surface area contributed by atoms with Gasteiger partial charge in [-0.25, -0.2) is 5.84 Å². The van der Waals surface area contributed by atoms with Crippen molar-refractivity contribution in [1.82, 2.24) is 4.98 Å². The van der Waals surface area contributed by atoms with Gasteiger partial charge in [0.15, 0.2) is 0 Å². The van der Waals surface area contributed by atoms with Crippen molar-refractivity contribution in [1.29, 1.82) is 0 Å². The first kappa shape index (κ1) is 15.9.